The number of hydrogen-bond donors (Lipinski definition) is 0. The van der Waals surface area contributed by atoms with Crippen molar-refractivity contribution in [2.45, 2.75) is 113 Å². The van der Waals surface area contributed by atoms with Crippen molar-refractivity contribution < 1.29 is 16.5 Å². The van der Waals surface area contributed by atoms with Gasteiger partial charge < -0.3 is 0 Å². The van der Waals surface area contributed by atoms with Gasteiger partial charge in [0.2, 0.25) is 0 Å². The first kappa shape index (κ1) is 18.3. The van der Waals surface area contributed by atoms with Gasteiger partial charge in [-0.15, -0.1) is 0 Å². The third kappa shape index (κ3) is 4.07. The maximum absolute atomic E-state index is 2.87. The smallest absolute Gasteiger partial charge is 0.0530 e. The van der Waals surface area contributed by atoms with Crippen molar-refractivity contribution in [1.29, 1.82) is 0 Å². The standard InChI is InChI=1S/C19H36P.Ni/c1-20(17-11-5-2-6-12-17,18-13-7-3-8-14-18)19-15-9-4-10-16-19;/h17-19H,2-16H2,1H3;/q+1;. The van der Waals surface area contributed by atoms with E-state index in [0.717, 1.165) is 0 Å². The Bertz CT molecular complexity index is 240. The predicted molar refractivity (Wildman–Crippen MR) is 93.5 cm³/mol. The van der Waals surface area contributed by atoms with Crippen molar-refractivity contribution in [2.24, 2.45) is 0 Å². The fourth-order valence-electron chi connectivity index (χ4n) is 5.81. The minimum Gasteiger partial charge on any atom is -0.0530 e. The van der Waals surface area contributed by atoms with Gasteiger partial charge in [0.1, 0.15) is 0 Å². The molecule has 126 valence electrons. The van der Waals surface area contributed by atoms with Crippen LogP contribution >= 0.6 is 7.26 Å². The van der Waals surface area contributed by atoms with E-state index in [1.807, 2.05) is 0 Å². The van der Waals surface area contributed by atoms with Gasteiger partial charge in [-0.05, 0) is 77.0 Å². The summed E-state index contributed by atoms with van der Waals surface area (Å²) in [5, 5.41) is 0. The van der Waals surface area contributed by atoms with Gasteiger partial charge in [-0.2, -0.15) is 0 Å². The Labute approximate surface area is 143 Å². The summed E-state index contributed by atoms with van der Waals surface area (Å²) < 4.78 is 0. The van der Waals surface area contributed by atoms with E-state index in [9.17, 15) is 0 Å². The van der Waals surface area contributed by atoms with Crippen molar-refractivity contribution >= 4 is 7.26 Å². The zero-order chi connectivity index (χ0) is 13.8. The first-order valence-electron chi connectivity index (χ1n) is 9.67. The maximum atomic E-state index is 2.87. The fourth-order valence-corrected chi connectivity index (χ4v) is 12.0. The monoisotopic (exact) mass is 353 g/mol. The van der Waals surface area contributed by atoms with Crippen LogP contribution in [0.3, 0.4) is 0 Å². The molecule has 0 radical (unpaired) electrons. The Morgan fingerprint density at radius 2 is 0.714 bits per heavy atom. The summed E-state index contributed by atoms with van der Waals surface area (Å²) >= 11 is 0. The van der Waals surface area contributed by atoms with Crippen LogP contribution in [0.1, 0.15) is 96.3 Å². The van der Waals surface area contributed by atoms with Crippen molar-refractivity contribution in [3.63, 3.8) is 0 Å². The van der Waals surface area contributed by atoms with E-state index in [2.05, 4.69) is 6.66 Å². The van der Waals surface area contributed by atoms with E-state index in [0.29, 0.717) is 0 Å². The molecule has 2 heteroatoms. The molecule has 0 spiro atoms. The van der Waals surface area contributed by atoms with Gasteiger partial charge in [0, 0.05) is 30.4 Å². The van der Waals surface area contributed by atoms with Crippen LogP contribution in [-0.4, -0.2) is 23.6 Å². The van der Waals surface area contributed by atoms with Gasteiger partial charge >= 0.3 is 0 Å². The van der Waals surface area contributed by atoms with Crippen LogP contribution in [0.5, 0.6) is 0 Å². The normalized spacial score (nSPS) is 27.3. The van der Waals surface area contributed by atoms with Crippen LogP contribution < -0.4 is 0 Å². The molecule has 3 aliphatic carbocycles. The fraction of sp³-hybridized carbons (Fsp3) is 1.00. The van der Waals surface area contributed by atoms with Crippen molar-refractivity contribution in [3.05, 3.63) is 0 Å². The molecule has 0 unspecified atom stereocenters. The zero-order valence-corrected chi connectivity index (χ0v) is 16.0. The van der Waals surface area contributed by atoms with Crippen LogP contribution in [-0.2, 0) is 16.5 Å². The van der Waals surface area contributed by atoms with Crippen LogP contribution in [0.15, 0.2) is 0 Å². The minimum atomic E-state index is -0.696. The average molecular weight is 354 g/mol. The minimum absolute atomic E-state index is 0. The number of hydrogen-bond acceptors (Lipinski definition) is 0. The SMILES string of the molecule is C[P+](C1CCCCC1)(C1CCCCC1)C1CCCCC1.[Ni]. The topological polar surface area (TPSA) is 0 Å². The molecule has 0 nitrogen and oxygen atoms in total. The van der Waals surface area contributed by atoms with Gasteiger partial charge in [0.25, 0.3) is 0 Å². The molecule has 21 heavy (non-hydrogen) atoms. The second-order valence-electron chi connectivity index (χ2n) is 8.10. The molecule has 3 fully saturated rings. The quantitative estimate of drug-likeness (QED) is 0.394. The van der Waals surface area contributed by atoms with Crippen LogP contribution in [0.2, 0.25) is 0 Å². The Kier molecular flexibility index (Phi) is 7.55. The Morgan fingerprint density at radius 1 is 0.476 bits per heavy atom. The second-order valence-corrected chi connectivity index (χ2v) is 12.7. The summed E-state index contributed by atoms with van der Waals surface area (Å²) in [6, 6.07) is 0. The molecule has 3 saturated carbocycles. The van der Waals surface area contributed by atoms with E-state index in [4.69, 9.17) is 0 Å². The van der Waals surface area contributed by atoms with Crippen molar-refractivity contribution in [2.75, 3.05) is 6.66 Å². The largest absolute Gasteiger partial charge is 0.0700 e. The summed E-state index contributed by atoms with van der Waals surface area (Å²) in [5.41, 5.74) is 3.55. The van der Waals surface area contributed by atoms with E-state index in [1.165, 1.54) is 36.2 Å². The maximum Gasteiger partial charge on any atom is 0.0700 e. The molecular weight excluding hydrogens is 318 g/mol. The zero-order valence-electron chi connectivity index (χ0n) is 14.1. The Balaban J connectivity index is 0.00000161. The first-order chi connectivity index (χ1) is 9.82. The van der Waals surface area contributed by atoms with Gasteiger partial charge in [0.15, 0.2) is 0 Å². The molecule has 0 bridgehead atoms. The van der Waals surface area contributed by atoms with Crippen LogP contribution in [0, 0.1) is 0 Å². The molecule has 0 saturated heterocycles. The van der Waals surface area contributed by atoms with Gasteiger partial charge in [-0.3, -0.25) is 0 Å². The summed E-state index contributed by atoms with van der Waals surface area (Å²) in [6.45, 7) is 2.87. The van der Waals surface area contributed by atoms with Gasteiger partial charge in [0.05, 0.1) is 17.0 Å². The van der Waals surface area contributed by atoms with E-state index in [1.54, 1.807) is 77.0 Å². The van der Waals surface area contributed by atoms with Crippen LogP contribution in [0.25, 0.3) is 0 Å². The third-order valence-corrected chi connectivity index (χ3v) is 13.4. The molecule has 0 N–H and O–H groups in total. The molecule has 0 aromatic heterocycles. The number of rotatable bonds is 3. The molecule has 3 rings (SSSR count). The van der Waals surface area contributed by atoms with Gasteiger partial charge in [-0.1, -0.05) is 19.3 Å². The molecule has 0 amide bonds. The third-order valence-electron chi connectivity index (χ3n) is 7.08. The van der Waals surface area contributed by atoms with Crippen molar-refractivity contribution in [1.82, 2.24) is 0 Å². The summed E-state index contributed by atoms with van der Waals surface area (Å²) in [6.07, 6.45) is 23.6. The summed E-state index contributed by atoms with van der Waals surface area (Å²) in [4.78, 5) is 0. The molecule has 0 aromatic rings. The molecule has 0 heterocycles. The molecule has 0 aliphatic heterocycles. The van der Waals surface area contributed by atoms with Crippen LogP contribution in [0.4, 0.5) is 0 Å². The van der Waals surface area contributed by atoms with E-state index < -0.39 is 7.26 Å². The summed E-state index contributed by atoms with van der Waals surface area (Å²) in [5.74, 6) is 0. The molecule has 0 aromatic carbocycles. The Hall–Kier alpha value is 0.924. The molecule has 3 aliphatic rings. The molecular formula is C19H36NiP+. The van der Waals surface area contributed by atoms with Gasteiger partial charge in [-0.25, -0.2) is 0 Å². The van der Waals surface area contributed by atoms with Crippen molar-refractivity contribution in [3.8, 4) is 0 Å². The Morgan fingerprint density at radius 3 is 0.952 bits per heavy atom. The average Bonchev–Trinajstić information content (AvgIpc) is 2.56. The molecule has 0 atom stereocenters. The van der Waals surface area contributed by atoms with E-state index >= 15 is 0 Å². The van der Waals surface area contributed by atoms with E-state index in [-0.39, 0.29) is 16.5 Å². The summed E-state index contributed by atoms with van der Waals surface area (Å²) in [7, 11) is -0.696. The second kappa shape index (κ2) is 8.69. The predicted octanol–water partition coefficient (Wildman–Crippen LogP) is 6.63. The first-order valence-corrected chi connectivity index (χ1v) is 12.1.